The van der Waals surface area contributed by atoms with Gasteiger partial charge in [-0.3, -0.25) is 0 Å². The average molecular weight is 357 g/mol. The molecule has 0 aliphatic carbocycles. The van der Waals surface area contributed by atoms with E-state index in [1.54, 1.807) is 0 Å². The second-order valence-electron chi connectivity index (χ2n) is 5.32. The van der Waals surface area contributed by atoms with Crippen LogP contribution in [0.25, 0.3) is 0 Å². The minimum Gasteiger partial charge on any atom is -0.399 e. The lowest BCUT2D eigenvalue weighted by Gasteiger charge is -2.23. The molecule has 21 heavy (non-hydrogen) atoms. The first-order valence-corrected chi connectivity index (χ1v) is 9.61. The van der Waals surface area contributed by atoms with Crippen molar-refractivity contribution in [2.75, 3.05) is 17.2 Å². The number of benzene rings is 1. The fourth-order valence-corrected chi connectivity index (χ4v) is 6.29. The van der Waals surface area contributed by atoms with E-state index in [0.29, 0.717) is 0 Å². The number of nitrogens with one attached hydrogen (secondary N) is 1. The molecule has 1 aliphatic rings. The highest BCUT2D eigenvalue weighted by Gasteiger charge is 2.42. The number of hydrogen-bond donors (Lipinski definition) is 2. The van der Waals surface area contributed by atoms with Gasteiger partial charge in [-0.2, -0.15) is 0 Å². The number of nitrogens with two attached hydrogens (primary N) is 1. The summed E-state index contributed by atoms with van der Waals surface area (Å²) in [6, 6.07) is 2.04. The molecule has 10 heteroatoms. The number of sulfone groups is 1. The van der Waals surface area contributed by atoms with Crippen LogP contribution in [0.2, 0.25) is 5.02 Å². The maximum absolute atomic E-state index is 13.9. The summed E-state index contributed by atoms with van der Waals surface area (Å²) in [5.41, 5.74) is 4.28. The van der Waals surface area contributed by atoms with Crippen LogP contribution in [0.3, 0.4) is 0 Å². The first-order chi connectivity index (χ1) is 9.44. The minimum absolute atomic E-state index is 0.00836. The summed E-state index contributed by atoms with van der Waals surface area (Å²) in [6.45, 7) is 1.46. The third-order valence-electron chi connectivity index (χ3n) is 3.19. The Morgan fingerprint density at radius 2 is 2.05 bits per heavy atom. The lowest BCUT2D eigenvalue weighted by Crippen LogP contribution is -2.47. The summed E-state index contributed by atoms with van der Waals surface area (Å²) in [5, 5.41) is -0.417. The van der Waals surface area contributed by atoms with Crippen LogP contribution in [0.15, 0.2) is 17.0 Å². The quantitative estimate of drug-likeness (QED) is 0.783. The van der Waals surface area contributed by atoms with Crippen LogP contribution in [0, 0.1) is 5.82 Å². The van der Waals surface area contributed by atoms with Gasteiger partial charge in [-0.25, -0.2) is 25.9 Å². The number of anilines is 1. The molecular weight excluding hydrogens is 343 g/mol. The van der Waals surface area contributed by atoms with Gasteiger partial charge < -0.3 is 5.73 Å². The number of halogens is 2. The molecule has 0 amide bonds. The van der Waals surface area contributed by atoms with Crippen LogP contribution in [0.5, 0.6) is 0 Å². The molecule has 0 aromatic heterocycles. The monoisotopic (exact) mass is 356 g/mol. The molecule has 2 rings (SSSR count). The Morgan fingerprint density at radius 3 is 2.57 bits per heavy atom. The van der Waals surface area contributed by atoms with E-state index in [2.05, 4.69) is 4.72 Å². The molecule has 1 fully saturated rings. The zero-order valence-corrected chi connectivity index (χ0v) is 13.4. The molecule has 118 valence electrons. The second kappa shape index (κ2) is 5.08. The summed E-state index contributed by atoms with van der Waals surface area (Å²) < 4.78 is 63.7. The summed E-state index contributed by atoms with van der Waals surface area (Å²) in [6.07, 6.45) is 0.117. The van der Waals surface area contributed by atoms with E-state index in [4.69, 9.17) is 17.3 Å². The van der Waals surface area contributed by atoms with Crippen LogP contribution >= 0.6 is 11.6 Å². The predicted octanol–water partition coefficient (Wildman–Crippen LogP) is 0.917. The highest BCUT2D eigenvalue weighted by atomic mass is 35.5. The summed E-state index contributed by atoms with van der Waals surface area (Å²) >= 11 is 5.58. The maximum atomic E-state index is 13.9. The van der Waals surface area contributed by atoms with Crippen LogP contribution in [0.1, 0.15) is 13.3 Å². The SMILES string of the molecule is CC1(NS(=O)(=O)c2cc(N)cc(Cl)c2F)CCS(=O)(=O)C1. The van der Waals surface area contributed by atoms with Crippen molar-refractivity contribution in [1.29, 1.82) is 0 Å². The van der Waals surface area contributed by atoms with E-state index in [-0.39, 0.29) is 23.6 Å². The number of sulfonamides is 1. The number of hydrogen-bond acceptors (Lipinski definition) is 5. The predicted molar refractivity (Wildman–Crippen MR) is 77.8 cm³/mol. The minimum atomic E-state index is -4.28. The lowest BCUT2D eigenvalue weighted by atomic mass is 10.0. The molecule has 1 aromatic rings. The van der Waals surface area contributed by atoms with Crippen molar-refractivity contribution in [3.63, 3.8) is 0 Å². The van der Waals surface area contributed by atoms with E-state index in [0.717, 1.165) is 12.1 Å². The summed E-state index contributed by atoms with van der Waals surface area (Å²) in [7, 11) is -7.59. The molecule has 1 unspecified atom stereocenters. The molecule has 0 radical (unpaired) electrons. The molecule has 1 saturated heterocycles. The highest BCUT2D eigenvalue weighted by molar-refractivity contribution is 7.92. The molecule has 0 spiro atoms. The molecule has 1 atom stereocenters. The van der Waals surface area contributed by atoms with E-state index >= 15 is 0 Å². The normalized spacial score (nSPS) is 25.1. The fraction of sp³-hybridized carbons (Fsp3) is 0.455. The summed E-state index contributed by atoms with van der Waals surface area (Å²) in [5.74, 6) is -1.58. The molecule has 6 nitrogen and oxygen atoms in total. The number of nitrogen functional groups attached to an aromatic ring is 1. The Kier molecular flexibility index (Phi) is 3.98. The standard InChI is InChI=1S/C11H14ClFN2O4S2/c1-11(2-3-20(16,17)6-11)15-21(18,19)9-5-7(14)4-8(12)10(9)13/h4-5,15H,2-3,6,14H2,1H3. The largest absolute Gasteiger partial charge is 0.399 e. The van der Waals surface area contributed by atoms with Gasteiger partial charge in [0.15, 0.2) is 15.7 Å². The molecular formula is C11H14ClFN2O4S2. The van der Waals surface area contributed by atoms with Crippen molar-refractivity contribution in [3.8, 4) is 0 Å². The third-order valence-corrected chi connectivity index (χ3v) is 7.01. The zero-order valence-electron chi connectivity index (χ0n) is 11.1. The Bertz CT molecular complexity index is 795. The maximum Gasteiger partial charge on any atom is 0.244 e. The van der Waals surface area contributed by atoms with E-state index < -0.39 is 41.1 Å². The van der Waals surface area contributed by atoms with Gasteiger partial charge in [-0.1, -0.05) is 11.6 Å². The highest BCUT2D eigenvalue weighted by Crippen LogP contribution is 2.29. The van der Waals surface area contributed by atoms with Crippen molar-refractivity contribution < 1.29 is 21.2 Å². The Labute approximate surface area is 127 Å². The van der Waals surface area contributed by atoms with Crippen LogP contribution in [-0.2, 0) is 19.9 Å². The average Bonchev–Trinajstić information content (AvgIpc) is 2.56. The van der Waals surface area contributed by atoms with Gasteiger partial charge >= 0.3 is 0 Å². The molecule has 1 aromatic carbocycles. The Hall–Kier alpha value is -0.900. The van der Waals surface area contributed by atoms with Crippen molar-refractivity contribution in [3.05, 3.63) is 23.0 Å². The molecule has 0 saturated carbocycles. The van der Waals surface area contributed by atoms with Crippen LogP contribution in [0.4, 0.5) is 10.1 Å². The fourth-order valence-electron chi connectivity index (χ4n) is 2.25. The van der Waals surface area contributed by atoms with E-state index in [1.807, 2.05) is 0 Å². The van der Waals surface area contributed by atoms with Crippen molar-refractivity contribution in [1.82, 2.24) is 4.72 Å². The van der Waals surface area contributed by atoms with Gasteiger partial charge in [0, 0.05) is 11.2 Å². The lowest BCUT2D eigenvalue weighted by molar-refractivity contribution is 0.459. The van der Waals surface area contributed by atoms with Gasteiger partial charge in [0.05, 0.1) is 16.5 Å². The van der Waals surface area contributed by atoms with Crippen molar-refractivity contribution in [2.45, 2.75) is 23.8 Å². The molecule has 1 heterocycles. The van der Waals surface area contributed by atoms with E-state index in [1.165, 1.54) is 6.92 Å². The molecule has 0 bridgehead atoms. The smallest absolute Gasteiger partial charge is 0.244 e. The van der Waals surface area contributed by atoms with Gasteiger partial charge in [-0.15, -0.1) is 0 Å². The topological polar surface area (TPSA) is 106 Å². The summed E-state index contributed by atoms with van der Waals surface area (Å²) in [4.78, 5) is -0.696. The molecule has 3 N–H and O–H groups in total. The zero-order chi connectivity index (χ0) is 16.1. The van der Waals surface area contributed by atoms with Crippen LogP contribution < -0.4 is 10.5 Å². The third kappa shape index (κ3) is 3.47. The first kappa shape index (κ1) is 16.5. The van der Waals surface area contributed by atoms with Crippen molar-refractivity contribution >= 4 is 37.1 Å². The molecule has 1 aliphatic heterocycles. The van der Waals surface area contributed by atoms with Gasteiger partial charge in [0.1, 0.15) is 4.90 Å². The first-order valence-electron chi connectivity index (χ1n) is 5.93. The Morgan fingerprint density at radius 1 is 1.43 bits per heavy atom. The van der Waals surface area contributed by atoms with Crippen molar-refractivity contribution in [2.24, 2.45) is 0 Å². The Balaban J connectivity index is 2.41. The van der Waals surface area contributed by atoms with Crippen LogP contribution in [-0.4, -0.2) is 33.9 Å². The van der Waals surface area contributed by atoms with E-state index in [9.17, 15) is 21.2 Å². The van der Waals surface area contributed by atoms with Gasteiger partial charge in [0.2, 0.25) is 10.0 Å². The van der Waals surface area contributed by atoms with Gasteiger partial charge in [-0.05, 0) is 25.5 Å². The second-order valence-corrected chi connectivity index (χ2v) is 9.57. The number of rotatable bonds is 3. The van der Waals surface area contributed by atoms with Gasteiger partial charge in [0.25, 0.3) is 0 Å².